The maximum atomic E-state index is 12.2. The first-order valence-electron chi connectivity index (χ1n) is 9.80. The fourth-order valence-electron chi connectivity index (χ4n) is 3.17. The van der Waals surface area contributed by atoms with Gasteiger partial charge in [-0.3, -0.25) is 4.79 Å². The maximum absolute atomic E-state index is 12.2. The highest BCUT2D eigenvalue weighted by molar-refractivity contribution is 5.81. The smallest absolute Gasteiger partial charge is 0.336 e. The average molecular weight is 419 g/mol. The van der Waals surface area contributed by atoms with Crippen molar-refractivity contribution in [1.29, 1.82) is 0 Å². The van der Waals surface area contributed by atoms with Crippen LogP contribution in [0.4, 0.5) is 0 Å². The van der Waals surface area contributed by atoms with E-state index in [1.165, 1.54) is 13.2 Å². The molecule has 0 aliphatic heterocycles. The van der Waals surface area contributed by atoms with Gasteiger partial charge in [-0.05, 0) is 19.1 Å². The van der Waals surface area contributed by atoms with Gasteiger partial charge in [0, 0.05) is 35.1 Å². The first kappa shape index (κ1) is 20.4. The van der Waals surface area contributed by atoms with Crippen molar-refractivity contribution in [3.63, 3.8) is 0 Å². The van der Waals surface area contributed by atoms with Gasteiger partial charge in [-0.1, -0.05) is 29.8 Å². The monoisotopic (exact) mass is 419 g/mol. The van der Waals surface area contributed by atoms with E-state index in [0.29, 0.717) is 40.4 Å². The van der Waals surface area contributed by atoms with E-state index >= 15 is 0 Å². The van der Waals surface area contributed by atoms with Crippen LogP contribution in [0.5, 0.6) is 5.75 Å². The third-order valence-corrected chi connectivity index (χ3v) is 4.86. The zero-order valence-corrected chi connectivity index (χ0v) is 17.2. The lowest BCUT2D eigenvalue weighted by atomic mass is 10.1. The van der Waals surface area contributed by atoms with Crippen LogP contribution in [-0.2, 0) is 22.6 Å². The Kier molecular flexibility index (Phi) is 5.84. The number of nitrogens with zero attached hydrogens (tertiary/aromatic N) is 1. The highest BCUT2D eigenvalue weighted by atomic mass is 16.5. The summed E-state index contributed by atoms with van der Waals surface area (Å²) in [6.07, 6.45) is 2.08. The van der Waals surface area contributed by atoms with Gasteiger partial charge in [0.05, 0.1) is 19.7 Å². The molecule has 7 nitrogen and oxygen atoms in total. The van der Waals surface area contributed by atoms with Crippen LogP contribution < -0.4 is 10.4 Å². The second kappa shape index (κ2) is 8.87. The van der Waals surface area contributed by atoms with Gasteiger partial charge in [0.1, 0.15) is 17.9 Å². The fraction of sp³-hybridized carbons (Fsp3) is 0.208. The minimum absolute atomic E-state index is 0.0343. The number of esters is 1. The second-order valence-electron chi connectivity index (χ2n) is 7.10. The zero-order chi connectivity index (χ0) is 21.8. The number of benzene rings is 2. The minimum atomic E-state index is -0.518. The molecule has 2 heterocycles. The summed E-state index contributed by atoms with van der Waals surface area (Å²) in [5.74, 6) is 1.28. The molecule has 0 unspecified atom stereocenters. The molecule has 0 saturated heterocycles. The molecule has 0 fully saturated rings. The van der Waals surface area contributed by atoms with Crippen molar-refractivity contribution in [3.8, 4) is 17.1 Å². The van der Waals surface area contributed by atoms with Crippen LogP contribution >= 0.6 is 0 Å². The minimum Gasteiger partial charge on any atom is -0.497 e. The van der Waals surface area contributed by atoms with Crippen LogP contribution in [0, 0.1) is 6.92 Å². The normalized spacial score (nSPS) is 10.9. The summed E-state index contributed by atoms with van der Waals surface area (Å²) in [5, 5.41) is 0.684. The highest BCUT2D eigenvalue weighted by Crippen LogP contribution is 2.24. The van der Waals surface area contributed by atoms with Crippen molar-refractivity contribution in [1.82, 2.24) is 4.98 Å². The van der Waals surface area contributed by atoms with Gasteiger partial charge < -0.3 is 18.3 Å². The summed E-state index contributed by atoms with van der Waals surface area (Å²) in [6, 6.07) is 14.4. The van der Waals surface area contributed by atoms with Crippen molar-refractivity contribution in [2.24, 2.45) is 0 Å². The molecule has 2 aromatic carbocycles. The first-order valence-corrected chi connectivity index (χ1v) is 9.80. The summed E-state index contributed by atoms with van der Waals surface area (Å²) in [7, 11) is 1.53. The van der Waals surface area contributed by atoms with Crippen LogP contribution in [0.1, 0.15) is 23.4 Å². The number of fused-ring (bicyclic) bond motifs is 1. The van der Waals surface area contributed by atoms with Crippen molar-refractivity contribution in [2.75, 3.05) is 7.11 Å². The summed E-state index contributed by atoms with van der Waals surface area (Å²) >= 11 is 0. The summed E-state index contributed by atoms with van der Waals surface area (Å²) < 4.78 is 21.4. The molecule has 0 spiro atoms. The molecule has 0 aliphatic rings. The maximum Gasteiger partial charge on any atom is 0.336 e. The second-order valence-corrected chi connectivity index (χ2v) is 7.10. The van der Waals surface area contributed by atoms with Crippen LogP contribution in [0.3, 0.4) is 0 Å². The molecule has 4 aromatic rings. The summed E-state index contributed by atoms with van der Waals surface area (Å²) in [5.41, 5.74) is 2.52. The number of hydrogen-bond acceptors (Lipinski definition) is 7. The van der Waals surface area contributed by atoms with Crippen LogP contribution in [0.2, 0.25) is 0 Å². The average Bonchev–Trinajstić information content (AvgIpc) is 3.25. The van der Waals surface area contributed by atoms with E-state index in [-0.39, 0.29) is 13.0 Å². The lowest BCUT2D eigenvalue weighted by Crippen LogP contribution is -2.08. The zero-order valence-electron chi connectivity index (χ0n) is 17.2. The Labute approximate surface area is 178 Å². The Balaban J connectivity index is 1.37. The van der Waals surface area contributed by atoms with E-state index in [1.54, 1.807) is 24.4 Å². The predicted octanol–water partition coefficient (Wildman–Crippen LogP) is 4.44. The Morgan fingerprint density at radius 1 is 1.06 bits per heavy atom. The third kappa shape index (κ3) is 4.83. The third-order valence-electron chi connectivity index (χ3n) is 4.86. The Hall–Kier alpha value is -3.87. The highest BCUT2D eigenvalue weighted by Gasteiger charge is 2.12. The van der Waals surface area contributed by atoms with Crippen molar-refractivity contribution >= 4 is 16.9 Å². The molecule has 0 amide bonds. The largest absolute Gasteiger partial charge is 0.497 e. The Morgan fingerprint density at radius 3 is 2.65 bits per heavy atom. The topological polar surface area (TPSA) is 91.8 Å². The van der Waals surface area contributed by atoms with E-state index in [0.717, 1.165) is 11.1 Å². The van der Waals surface area contributed by atoms with Crippen LogP contribution in [0.25, 0.3) is 22.3 Å². The van der Waals surface area contributed by atoms with Gasteiger partial charge in [0.15, 0.2) is 11.7 Å². The van der Waals surface area contributed by atoms with Gasteiger partial charge in [-0.2, -0.15) is 0 Å². The van der Waals surface area contributed by atoms with Crippen molar-refractivity contribution < 1.29 is 23.1 Å². The van der Waals surface area contributed by atoms with E-state index in [2.05, 4.69) is 4.98 Å². The van der Waals surface area contributed by atoms with Gasteiger partial charge in [0.25, 0.3) is 0 Å². The number of hydrogen-bond donors (Lipinski definition) is 0. The molecular formula is C24H21NO6. The first-order chi connectivity index (χ1) is 15.0. The number of aryl methyl sites for hydroxylation is 2. The molecular weight excluding hydrogens is 398 g/mol. The number of aromatic nitrogens is 1. The summed E-state index contributed by atoms with van der Waals surface area (Å²) in [6.45, 7) is 1.98. The number of oxazole rings is 1. The molecule has 7 heteroatoms. The standard InChI is InChI=1S/C24H21NO6/c1-15-3-5-16(6-4-15)21-13-25-22(30-21)9-10-23(26)29-14-17-11-24(27)31-20-12-18(28-2)7-8-19(17)20/h3-8,11-13H,9-10,14H2,1-2H3. The number of carbonyl (C=O) groups excluding carboxylic acids is 1. The quantitative estimate of drug-likeness (QED) is 0.323. The van der Waals surface area contributed by atoms with E-state index < -0.39 is 11.6 Å². The predicted molar refractivity (Wildman–Crippen MR) is 114 cm³/mol. The lowest BCUT2D eigenvalue weighted by molar-refractivity contribution is -0.144. The van der Waals surface area contributed by atoms with Gasteiger partial charge in [-0.15, -0.1) is 0 Å². The van der Waals surface area contributed by atoms with Crippen LogP contribution in [-0.4, -0.2) is 18.1 Å². The Bertz CT molecular complexity index is 1270. The van der Waals surface area contributed by atoms with Crippen LogP contribution in [0.15, 0.2) is 68.4 Å². The number of carbonyl (C=O) groups is 1. The fourth-order valence-corrected chi connectivity index (χ4v) is 3.17. The van der Waals surface area contributed by atoms with Gasteiger partial charge in [-0.25, -0.2) is 9.78 Å². The molecule has 0 aliphatic carbocycles. The van der Waals surface area contributed by atoms with E-state index in [1.807, 2.05) is 31.2 Å². The molecule has 4 rings (SSSR count). The molecule has 31 heavy (non-hydrogen) atoms. The number of rotatable bonds is 7. The molecule has 0 atom stereocenters. The number of ether oxygens (including phenoxy) is 2. The SMILES string of the molecule is COc1ccc2c(COC(=O)CCc3ncc(-c4ccc(C)cc4)o3)cc(=O)oc2c1. The Morgan fingerprint density at radius 2 is 1.87 bits per heavy atom. The molecule has 158 valence electrons. The van der Waals surface area contributed by atoms with Crippen molar-refractivity contribution in [2.45, 2.75) is 26.4 Å². The lowest BCUT2D eigenvalue weighted by Gasteiger charge is -2.08. The van der Waals surface area contributed by atoms with E-state index in [4.69, 9.17) is 18.3 Å². The molecule has 0 saturated carbocycles. The van der Waals surface area contributed by atoms with Gasteiger partial charge in [0.2, 0.25) is 0 Å². The number of methoxy groups -OCH3 is 1. The van der Waals surface area contributed by atoms with Crippen molar-refractivity contribution in [3.05, 3.63) is 82.2 Å². The molecule has 0 bridgehead atoms. The molecule has 0 radical (unpaired) electrons. The van der Waals surface area contributed by atoms with E-state index in [9.17, 15) is 9.59 Å². The molecule has 0 N–H and O–H groups in total. The van der Waals surface area contributed by atoms with Gasteiger partial charge >= 0.3 is 11.6 Å². The summed E-state index contributed by atoms with van der Waals surface area (Å²) in [4.78, 5) is 28.3. The molecule has 2 aromatic heterocycles.